The van der Waals surface area contributed by atoms with Crippen LogP contribution in [0.5, 0.6) is 0 Å². The Morgan fingerprint density at radius 3 is 2.11 bits per heavy atom. The van der Waals surface area contributed by atoms with Crippen molar-refractivity contribution in [3.05, 3.63) is 0 Å². The lowest BCUT2D eigenvalue weighted by molar-refractivity contribution is -0.0250. The van der Waals surface area contributed by atoms with Gasteiger partial charge >= 0.3 is 0 Å². The number of thiocarbonyl (C=S) groups is 2. The van der Waals surface area contributed by atoms with E-state index in [0.29, 0.717) is 0 Å². The predicted molar refractivity (Wildman–Crippen MR) is 79.5 cm³/mol. The van der Waals surface area contributed by atoms with Gasteiger partial charge < -0.3 is 26.8 Å². The number of hydrogen-bond acceptors (Lipinski definition) is 7. The molecule has 0 aromatic carbocycles. The number of nitrogens with two attached hydrogens (primary N) is 2. The fraction of sp³-hybridized carbons (Fsp3) is 0.500. The van der Waals surface area contributed by atoms with Gasteiger partial charge in [-0.25, -0.2) is 0 Å². The molecule has 0 amide bonds. The van der Waals surface area contributed by atoms with Gasteiger partial charge in [0.25, 0.3) is 0 Å². The largest absolute Gasteiger partial charge is 0.391 e. The van der Waals surface area contributed by atoms with E-state index in [1.807, 2.05) is 0 Å². The van der Waals surface area contributed by atoms with Gasteiger partial charge in [0, 0.05) is 0 Å². The summed E-state index contributed by atoms with van der Waals surface area (Å²) in [5, 5.41) is 35.5. The number of nitrogens with one attached hydrogen (secondary N) is 2. The first-order chi connectivity index (χ1) is 8.75. The normalized spacial score (nSPS) is 16.7. The average Bonchev–Trinajstić information content (AvgIpc) is 2.30. The summed E-state index contributed by atoms with van der Waals surface area (Å²) >= 11 is 9.05. The quantitative estimate of drug-likeness (QED) is 0.155. The van der Waals surface area contributed by atoms with E-state index in [2.05, 4.69) is 45.5 Å². The lowest BCUT2D eigenvalue weighted by Gasteiger charge is -2.19. The molecule has 0 heterocycles. The maximum absolute atomic E-state index is 9.78. The minimum absolute atomic E-state index is 0.0940. The van der Waals surface area contributed by atoms with Crippen molar-refractivity contribution in [3.63, 3.8) is 0 Å². The van der Waals surface area contributed by atoms with Crippen molar-refractivity contribution in [3.8, 4) is 0 Å². The lowest BCUT2D eigenvalue weighted by Crippen LogP contribution is -2.43. The zero-order chi connectivity index (χ0) is 15.0. The molecule has 0 unspecified atom stereocenters. The van der Waals surface area contributed by atoms with E-state index in [1.165, 1.54) is 6.92 Å². The molecule has 3 atom stereocenters. The van der Waals surface area contributed by atoms with E-state index in [0.717, 1.165) is 6.21 Å². The molecule has 0 radical (unpaired) electrons. The van der Waals surface area contributed by atoms with Gasteiger partial charge in [0.1, 0.15) is 17.9 Å². The van der Waals surface area contributed by atoms with Crippen molar-refractivity contribution in [2.24, 2.45) is 21.7 Å². The minimum Gasteiger partial charge on any atom is -0.391 e. The Hall–Kier alpha value is -1.40. The van der Waals surface area contributed by atoms with E-state index in [1.54, 1.807) is 0 Å². The van der Waals surface area contributed by atoms with Crippen LogP contribution in [0, 0.1) is 0 Å². The van der Waals surface area contributed by atoms with Gasteiger partial charge in [-0.15, -0.1) is 0 Å². The van der Waals surface area contributed by atoms with Crippen molar-refractivity contribution in [1.29, 1.82) is 0 Å². The molecule has 0 fully saturated rings. The Morgan fingerprint density at radius 2 is 1.68 bits per heavy atom. The smallest absolute Gasteiger partial charge is 0.184 e. The Balaban J connectivity index is 4.94. The summed E-state index contributed by atoms with van der Waals surface area (Å²) in [4.78, 5) is 0. The number of rotatable bonds is 6. The van der Waals surface area contributed by atoms with Crippen LogP contribution in [0.15, 0.2) is 10.2 Å². The van der Waals surface area contributed by atoms with Gasteiger partial charge in [-0.05, 0) is 31.4 Å². The van der Waals surface area contributed by atoms with E-state index in [9.17, 15) is 15.3 Å². The van der Waals surface area contributed by atoms with Gasteiger partial charge in [0.2, 0.25) is 0 Å². The van der Waals surface area contributed by atoms with Crippen LogP contribution in [0.25, 0.3) is 0 Å². The second kappa shape index (κ2) is 8.66. The Bertz CT molecular complexity index is 387. The van der Waals surface area contributed by atoms with Crippen LogP contribution in [-0.4, -0.2) is 55.8 Å². The molecule has 108 valence electrons. The number of hydrazone groups is 2. The predicted octanol–water partition coefficient (Wildman–Crippen LogP) is -2.90. The monoisotopic (exact) mass is 308 g/mol. The van der Waals surface area contributed by atoms with E-state index < -0.39 is 18.3 Å². The molecule has 0 saturated heterocycles. The highest BCUT2D eigenvalue weighted by molar-refractivity contribution is 7.80. The maximum atomic E-state index is 9.78. The SMILES string of the molecule is C[C@H](O)[C@H](O)[C@@H](O)C(C=NNC(N)=S)=NNC(N)=S. The van der Waals surface area contributed by atoms with E-state index in [-0.39, 0.29) is 15.9 Å². The summed E-state index contributed by atoms with van der Waals surface area (Å²) in [7, 11) is 0. The molecule has 0 aromatic rings. The van der Waals surface area contributed by atoms with Crippen LogP contribution in [-0.2, 0) is 0 Å². The summed E-state index contributed by atoms with van der Waals surface area (Å²) in [6.45, 7) is 1.30. The van der Waals surface area contributed by atoms with E-state index in [4.69, 9.17) is 11.5 Å². The molecular formula is C8H16N6O3S2. The molecule has 19 heavy (non-hydrogen) atoms. The summed E-state index contributed by atoms with van der Waals surface area (Å²) in [6.07, 6.45) is -3.12. The highest BCUT2D eigenvalue weighted by Crippen LogP contribution is 2.01. The molecule has 11 heteroatoms. The summed E-state index contributed by atoms with van der Waals surface area (Å²) < 4.78 is 0. The molecule has 0 rings (SSSR count). The molecule has 0 bridgehead atoms. The molecule has 0 aliphatic heterocycles. The van der Waals surface area contributed by atoms with Gasteiger partial charge in [-0.3, -0.25) is 10.9 Å². The first-order valence-corrected chi connectivity index (χ1v) is 5.83. The van der Waals surface area contributed by atoms with Crippen LogP contribution >= 0.6 is 24.4 Å². The van der Waals surface area contributed by atoms with Crippen LogP contribution < -0.4 is 22.3 Å². The zero-order valence-electron chi connectivity index (χ0n) is 10.0. The van der Waals surface area contributed by atoms with Crippen LogP contribution in [0.3, 0.4) is 0 Å². The van der Waals surface area contributed by atoms with Crippen molar-refractivity contribution in [2.45, 2.75) is 25.2 Å². The number of aliphatic hydroxyl groups excluding tert-OH is 3. The van der Waals surface area contributed by atoms with Crippen molar-refractivity contribution in [1.82, 2.24) is 10.9 Å². The van der Waals surface area contributed by atoms with Gasteiger partial charge in [-0.1, -0.05) is 0 Å². The third kappa shape index (κ3) is 7.58. The summed E-state index contributed by atoms with van der Waals surface area (Å²) in [5.41, 5.74) is 14.6. The fourth-order valence-electron chi connectivity index (χ4n) is 0.892. The number of aliphatic hydroxyl groups is 3. The highest BCUT2D eigenvalue weighted by Gasteiger charge is 2.25. The zero-order valence-corrected chi connectivity index (χ0v) is 11.6. The standard InChI is InChI=1S/C8H16N6O3S2/c1-3(15)5(16)6(17)4(12-14-8(10)19)2-11-13-7(9)18/h2-3,5-6,15-17H,1H3,(H3,9,13,18)(H3,10,14,19)/t3-,5-,6-/m0/s1. The minimum atomic E-state index is -1.52. The van der Waals surface area contributed by atoms with Crippen molar-refractivity contribution < 1.29 is 15.3 Å². The first-order valence-electron chi connectivity index (χ1n) is 5.01. The Kier molecular flexibility index (Phi) is 8.02. The topological polar surface area (TPSA) is 162 Å². The molecule has 0 aliphatic rings. The van der Waals surface area contributed by atoms with Gasteiger partial charge in [0.15, 0.2) is 10.2 Å². The first kappa shape index (κ1) is 17.6. The van der Waals surface area contributed by atoms with Crippen LogP contribution in [0.1, 0.15) is 6.92 Å². The number of nitrogens with zero attached hydrogens (tertiary/aromatic N) is 2. The molecule has 9 nitrogen and oxygen atoms in total. The van der Waals surface area contributed by atoms with E-state index >= 15 is 0 Å². The highest BCUT2D eigenvalue weighted by atomic mass is 32.1. The van der Waals surface area contributed by atoms with Gasteiger partial charge in [0.05, 0.1) is 12.3 Å². The molecule has 9 N–H and O–H groups in total. The molecular weight excluding hydrogens is 292 g/mol. The summed E-state index contributed by atoms with van der Waals surface area (Å²) in [6, 6.07) is 0. The van der Waals surface area contributed by atoms with Crippen molar-refractivity contribution >= 4 is 46.6 Å². The second-order valence-corrected chi connectivity index (χ2v) is 4.30. The molecule has 0 saturated carbocycles. The molecule has 0 aromatic heterocycles. The molecule has 0 spiro atoms. The average molecular weight is 308 g/mol. The number of hydrogen-bond donors (Lipinski definition) is 7. The third-order valence-electron chi connectivity index (χ3n) is 1.79. The third-order valence-corrected chi connectivity index (χ3v) is 1.97. The second-order valence-electron chi connectivity index (χ2n) is 3.42. The Labute approximate surface area is 120 Å². The fourth-order valence-corrected chi connectivity index (χ4v) is 0.990. The lowest BCUT2D eigenvalue weighted by atomic mass is 10.1. The Morgan fingerprint density at radius 1 is 1.16 bits per heavy atom. The maximum Gasteiger partial charge on any atom is 0.184 e. The summed E-state index contributed by atoms with van der Waals surface area (Å²) in [5.74, 6) is 0. The van der Waals surface area contributed by atoms with Gasteiger partial charge in [-0.2, -0.15) is 10.2 Å². The van der Waals surface area contributed by atoms with Crippen molar-refractivity contribution in [2.75, 3.05) is 0 Å². The van der Waals surface area contributed by atoms with Crippen LogP contribution in [0.2, 0.25) is 0 Å². The molecule has 0 aliphatic carbocycles. The van der Waals surface area contributed by atoms with Crippen LogP contribution in [0.4, 0.5) is 0 Å².